The van der Waals surface area contributed by atoms with Crippen LogP contribution in [0.2, 0.25) is 0 Å². The number of hydrogen-bond acceptors (Lipinski definition) is 3. The van der Waals surface area contributed by atoms with E-state index >= 15 is 0 Å². The lowest BCUT2D eigenvalue weighted by atomic mass is 9.90. The van der Waals surface area contributed by atoms with Gasteiger partial charge >= 0.3 is 5.97 Å². The van der Waals surface area contributed by atoms with Crippen LogP contribution in [0.25, 0.3) is 0 Å². The zero-order valence-corrected chi connectivity index (χ0v) is 9.50. The summed E-state index contributed by atoms with van der Waals surface area (Å²) < 4.78 is 4.95. The van der Waals surface area contributed by atoms with E-state index in [2.05, 4.69) is 0 Å². The second kappa shape index (κ2) is 6.57. The average molecular weight is 200 g/mol. The van der Waals surface area contributed by atoms with Gasteiger partial charge in [0.1, 0.15) is 5.78 Å². The molecular weight excluding hydrogens is 180 g/mol. The van der Waals surface area contributed by atoms with Crippen LogP contribution < -0.4 is 0 Å². The standard InChI is InChI=1S/C11H20O3/c1-5-14-11(13)10(8(2)3)7-6-9(4)12/h8,10H,5-7H2,1-4H3/t10-/m0/s1. The lowest BCUT2D eigenvalue weighted by molar-refractivity contribution is -0.149. The molecule has 3 nitrogen and oxygen atoms in total. The highest BCUT2D eigenvalue weighted by Crippen LogP contribution is 2.19. The van der Waals surface area contributed by atoms with Crippen molar-refractivity contribution in [3.05, 3.63) is 0 Å². The van der Waals surface area contributed by atoms with Crippen molar-refractivity contribution in [2.24, 2.45) is 11.8 Å². The van der Waals surface area contributed by atoms with Gasteiger partial charge in [0, 0.05) is 6.42 Å². The number of rotatable bonds is 6. The number of ether oxygens (including phenoxy) is 1. The predicted octanol–water partition coefficient (Wildman–Crippen LogP) is 2.19. The van der Waals surface area contributed by atoms with Crippen molar-refractivity contribution in [1.29, 1.82) is 0 Å². The Balaban J connectivity index is 4.14. The first-order valence-electron chi connectivity index (χ1n) is 5.15. The summed E-state index contributed by atoms with van der Waals surface area (Å²) in [5.41, 5.74) is 0. The summed E-state index contributed by atoms with van der Waals surface area (Å²) in [6, 6.07) is 0. The summed E-state index contributed by atoms with van der Waals surface area (Å²) in [5, 5.41) is 0. The van der Waals surface area contributed by atoms with Crippen LogP contribution >= 0.6 is 0 Å². The van der Waals surface area contributed by atoms with Crippen molar-refractivity contribution in [2.45, 2.75) is 40.5 Å². The largest absolute Gasteiger partial charge is 0.466 e. The second-order valence-electron chi connectivity index (χ2n) is 3.84. The van der Waals surface area contributed by atoms with Crippen molar-refractivity contribution in [2.75, 3.05) is 6.61 Å². The van der Waals surface area contributed by atoms with Crippen molar-refractivity contribution >= 4 is 11.8 Å². The topological polar surface area (TPSA) is 43.4 Å². The molecule has 0 aliphatic carbocycles. The molecule has 0 radical (unpaired) electrons. The first kappa shape index (κ1) is 13.1. The van der Waals surface area contributed by atoms with Crippen molar-refractivity contribution in [3.63, 3.8) is 0 Å². The molecule has 0 saturated carbocycles. The molecule has 0 fully saturated rings. The molecule has 0 aromatic carbocycles. The molecule has 0 saturated heterocycles. The van der Waals surface area contributed by atoms with Crippen molar-refractivity contribution in [1.82, 2.24) is 0 Å². The normalized spacial score (nSPS) is 12.6. The molecule has 0 aromatic heterocycles. The van der Waals surface area contributed by atoms with Crippen LogP contribution in [0, 0.1) is 11.8 Å². The van der Waals surface area contributed by atoms with Crippen LogP contribution in [0.15, 0.2) is 0 Å². The first-order valence-corrected chi connectivity index (χ1v) is 5.15. The third-order valence-electron chi connectivity index (χ3n) is 2.20. The SMILES string of the molecule is CCOC(=O)[C@@H](CCC(C)=O)C(C)C. The zero-order valence-electron chi connectivity index (χ0n) is 9.50. The quantitative estimate of drug-likeness (QED) is 0.617. The average Bonchev–Trinajstić information content (AvgIpc) is 2.03. The number of carbonyl (C=O) groups is 2. The highest BCUT2D eigenvalue weighted by Gasteiger charge is 2.23. The molecule has 3 heteroatoms. The first-order chi connectivity index (χ1) is 6.49. The van der Waals surface area contributed by atoms with E-state index in [1.807, 2.05) is 13.8 Å². The van der Waals surface area contributed by atoms with Gasteiger partial charge in [-0.15, -0.1) is 0 Å². The van der Waals surface area contributed by atoms with E-state index in [1.165, 1.54) is 0 Å². The number of ketones is 1. The van der Waals surface area contributed by atoms with Crippen LogP contribution in [0.1, 0.15) is 40.5 Å². The Morgan fingerprint density at radius 1 is 1.29 bits per heavy atom. The molecule has 0 bridgehead atoms. The number of carbonyl (C=O) groups excluding carboxylic acids is 2. The highest BCUT2D eigenvalue weighted by molar-refractivity contribution is 5.77. The molecule has 1 atom stereocenters. The third kappa shape index (κ3) is 5.00. The third-order valence-corrected chi connectivity index (χ3v) is 2.20. The van der Waals surface area contributed by atoms with Crippen LogP contribution in [0.4, 0.5) is 0 Å². The maximum Gasteiger partial charge on any atom is 0.309 e. The monoisotopic (exact) mass is 200 g/mol. The summed E-state index contributed by atoms with van der Waals surface area (Å²) in [4.78, 5) is 22.3. The van der Waals surface area contributed by atoms with Gasteiger partial charge in [0.2, 0.25) is 0 Å². The Labute approximate surface area is 85.8 Å². The maximum absolute atomic E-state index is 11.5. The predicted molar refractivity (Wildman–Crippen MR) is 54.9 cm³/mol. The van der Waals surface area contributed by atoms with Gasteiger partial charge in [0.15, 0.2) is 0 Å². The lowest BCUT2D eigenvalue weighted by Gasteiger charge is -2.18. The number of esters is 1. The van der Waals surface area contributed by atoms with E-state index in [0.29, 0.717) is 19.4 Å². The molecule has 0 heterocycles. The molecule has 82 valence electrons. The molecular formula is C11H20O3. The Bertz CT molecular complexity index is 197. The fourth-order valence-corrected chi connectivity index (χ4v) is 1.33. The van der Waals surface area contributed by atoms with Crippen LogP contribution in [0.5, 0.6) is 0 Å². The molecule has 0 aliphatic heterocycles. The molecule has 0 unspecified atom stereocenters. The minimum absolute atomic E-state index is 0.125. The molecule has 0 aromatic rings. The van der Waals surface area contributed by atoms with Crippen molar-refractivity contribution in [3.8, 4) is 0 Å². The van der Waals surface area contributed by atoms with Crippen molar-refractivity contribution < 1.29 is 14.3 Å². The van der Waals surface area contributed by atoms with E-state index in [1.54, 1.807) is 13.8 Å². The summed E-state index contributed by atoms with van der Waals surface area (Å²) in [5.74, 6) is 0.0379. The summed E-state index contributed by atoms with van der Waals surface area (Å²) in [6.07, 6.45) is 1.06. The van der Waals surface area contributed by atoms with Crippen LogP contribution in [-0.4, -0.2) is 18.4 Å². The zero-order chi connectivity index (χ0) is 11.1. The smallest absolute Gasteiger partial charge is 0.309 e. The summed E-state index contributed by atoms with van der Waals surface area (Å²) in [7, 11) is 0. The highest BCUT2D eigenvalue weighted by atomic mass is 16.5. The Hall–Kier alpha value is -0.860. The number of Topliss-reactive ketones (excluding diaryl/α,β-unsaturated/α-hetero) is 1. The lowest BCUT2D eigenvalue weighted by Crippen LogP contribution is -2.23. The van der Waals surface area contributed by atoms with E-state index in [-0.39, 0.29) is 23.6 Å². The van der Waals surface area contributed by atoms with Gasteiger partial charge in [-0.25, -0.2) is 0 Å². The molecule has 0 rings (SSSR count). The Kier molecular flexibility index (Phi) is 6.17. The maximum atomic E-state index is 11.5. The fourth-order valence-electron chi connectivity index (χ4n) is 1.33. The molecule has 0 amide bonds. The van der Waals surface area contributed by atoms with Gasteiger partial charge in [-0.2, -0.15) is 0 Å². The van der Waals surface area contributed by atoms with E-state index in [4.69, 9.17) is 4.74 Å². The molecule has 0 N–H and O–H groups in total. The fraction of sp³-hybridized carbons (Fsp3) is 0.818. The molecule has 14 heavy (non-hydrogen) atoms. The van der Waals surface area contributed by atoms with Gasteiger partial charge in [-0.1, -0.05) is 13.8 Å². The summed E-state index contributed by atoms with van der Waals surface area (Å²) >= 11 is 0. The van der Waals surface area contributed by atoms with Crippen LogP contribution in [-0.2, 0) is 14.3 Å². The van der Waals surface area contributed by atoms with Gasteiger partial charge in [0.25, 0.3) is 0 Å². The van der Waals surface area contributed by atoms with E-state index in [9.17, 15) is 9.59 Å². The van der Waals surface area contributed by atoms with E-state index in [0.717, 1.165) is 0 Å². The Morgan fingerprint density at radius 2 is 1.86 bits per heavy atom. The van der Waals surface area contributed by atoms with Gasteiger partial charge < -0.3 is 9.53 Å². The van der Waals surface area contributed by atoms with E-state index < -0.39 is 0 Å². The minimum atomic E-state index is -0.177. The molecule has 0 spiro atoms. The van der Waals surface area contributed by atoms with Gasteiger partial charge in [-0.05, 0) is 26.2 Å². The second-order valence-corrected chi connectivity index (χ2v) is 3.84. The van der Waals surface area contributed by atoms with Gasteiger partial charge in [0.05, 0.1) is 12.5 Å². The number of hydrogen-bond donors (Lipinski definition) is 0. The van der Waals surface area contributed by atoms with Gasteiger partial charge in [-0.3, -0.25) is 4.79 Å². The molecule has 0 aliphatic rings. The summed E-state index contributed by atoms with van der Waals surface area (Å²) in [6.45, 7) is 7.69. The van der Waals surface area contributed by atoms with Crippen LogP contribution in [0.3, 0.4) is 0 Å². The minimum Gasteiger partial charge on any atom is -0.466 e. The Morgan fingerprint density at radius 3 is 2.21 bits per heavy atom.